The van der Waals surface area contributed by atoms with Gasteiger partial charge in [0.05, 0.1) is 0 Å². The third kappa shape index (κ3) is 4.57. The lowest BCUT2D eigenvalue weighted by Gasteiger charge is -2.25. The Morgan fingerprint density at radius 3 is 2.86 bits per heavy atom. The lowest BCUT2D eigenvalue weighted by molar-refractivity contribution is -0.132. The van der Waals surface area contributed by atoms with E-state index in [0.717, 1.165) is 37.8 Å². The van der Waals surface area contributed by atoms with E-state index < -0.39 is 0 Å². The summed E-state index contributed by atoms with van der Waals surface area (Å²) in [6.07, 6.45) is 4.78. The van der Waals surface area contributed by atoms with Crippen molar-refractivity contribution in [3.05, 3.63) is 35.1 Å². The maximum Gasteiger partial charge on any atom is 0.222 e. The summed E-state index contributed by atoms with van der Waals surface area (Å²) in [4.78, 5) is 14.0. The van der Waals surface area contributed by atoms with Gasteiger partial charge < -0.3 is 10.0 Å². The maximum absolute atomic E-state index is 13.3. The van der Waals surface area contributed by atoms with E-state index in [2.05, 4.69) is 11.8 Å². The molecule has 0 bridgehead atoms. The normalized spacial score (nSPS) is 15.9. The zero-order valence-electron chi connectivity index (χ0n) is 12.1. The van der Waals surface area contributed by atoms with Gasteiger partial charge in [0.1, 0.15) is 12.4 Å². The molecular weight excluding hydrogens is 269 g/mol. The van der Waals surface area contributed by atoms with Gasteiger partial charge in [-0.3, -0.25) is 4.79 Å². The van der Waals surface area contributed by atoms with Gasteiger partial charge in [-0.2, -0.15) is 0 Å². The number of rotatable bonds is 2. The highest BCUT2D eigenvalue weighted by atomic mass is 19.1. The summed E-state index contributed by atoms with van der Waals surface area (Å²) >= 11 is 0. The molecule has 0 radical (unpaired) electrons. The van der Waals surface area contributed by atoms with E-state index in [9.17, 15) is 9.18 Å². The minimum Gasteiger partial charge on any atom is -0.384 e. The zero-order chi connectivity index (χ0) is 15.1. The first kappa shape index (κ1) is 15.5. The number of carbonyl (C=O) groups excluding carboxylic acids is 1. The lowest BCUT2D eigenvalue weighted by atomic mass is 10.0. The van der Waals surface area contributed by atoms with Crippen LogP contribution in [0.25, 0.3) is 0 Å². The number of hydrogen-bond acceptors (Lipinski definition) is 2. The first-order valence-electron chi connectivity index (χ1n) is 7.36. The minimum atomic E-state index is -0.361. The summed E-state index contributed by atoms with van der Waals surface area (Å²) in [5, 5.41) is 8.79. The number of amides is 1. The molecule has 2 rings (SSSR count). The van der Waals surface area contributed by atoms with Crippen LogP contribution in [0.1, 0.15) is 43.2 Å². The van der Waals surface area contributed by atoms with Crippen LogP contribution in [-0.4, -0.2) is 29.1 Å². The largest absolute Gasteiger partial charge is 0.384 e. The molecule has 4 heteroatoms. The Morgan fingerprint density at radius 2 is 2.05 bits per heavy atom. The standard InChI is InChI=1S/C17H20FNO2/c18-16-9-8-15(14(12-16)6-5-11-20)13-19-10-4-2-1-3-7-17(19)21/h8-9,12,20H,1-4,7,10-11,13H2. The fraction of sp³-hybridized carbons (Fsp3) is 0.471. The minimum absolute atomic E-state index is 0.153. The van der Waals surface area contributed by atoms with Crippen molar-refractivity contribution in [1.29, 1.82) is 0 Å². The molecule has 0 unspecified atom stereocenters. The van der Waals surface area contributed by atoms with Gasteiger partial charge in [0.2, 0.25) is 5.91 Å². The Morgan fingerprint density at radius 1 is 1.24 bits per heavy atom. The SMILES string of the molecule is O=C1CCCCCCN1Cc1ccc(F)cc1C#CCO. The van der Waals surface area contributed by atoms with Gasteiger partial charge in [0, 0.05) is 25.1 Å². The lowest BCUT2D eigenvalue weighted by Crippen LogP contribution is -2.32. The van der Waals surface area contributed by atoms with Crippen LogP contribution in [0.2, 0.25) is 0 Å². The Labute approximate surface area is 124 Å². The Balaban J connectivity index is 2.18. The highest BCUT2D eigenvalue weighted by molar-refractivity contribution is 5.76. The van der Waals surface area contributed by atoms with Crippen LogP contribution in [0, 0.1) is 17.7 Å². The molecule has 1 saturated heterocycles. The summed E-state index contributed by atoms with van der Waals surface area (Å²) in [7, 11) is 0. The summed E-state index contributed by atoms with van der Waals surface area (Å²) in [6, 6.07) is 4.41. The highest BCUT2D eigenvalue weighted by Crippen LogP contribution is 2.17. The molecule has 0 spiro atoms. The fourth-order valence-electron chi connectivity index (χ4n) is 2.53. The fourth-order valence-corrected chi connectivity index (χ4v) is 2.53. The number of nitrogens with zero attached hydrogens (tertiary/aromatic N) is 1. The molecule has 1 N–H and O–H groups in total. The molecule has 3 nitrogen and oxygen atoms in total. The number of benzene rings is 1. The molecule has 0 atom stereocenters. The van der Waals surface area contributed by atoms with Gasteiger partial charge in [0.15, 0.2) is 0 Å². The predicted molar refractivity (Wildman–Crippen MR) is 78.9 cm³/mol. The van der Waals surface area contributed by atoms with Gasteiger partial charge in [-0.25, -0.2) is 4.39 Å². The van der Waals surface area contributed by atoms with Crippen molar-refractivity contribution in [1.82, 2.24) is 4.90 Å². The van der Waals surface area contributed by atoms with E-state index in [-0.39, 0.29) is 18.3 Å². The van der Waals surface area contributed by atoms with Crippen LogP contribution in [0.4, 0.5) is 4.39 Å². The second kappa shape index (κ2) is 7.80. The van der Waals surface area contributed by atoms with Crippen molar-refractivity contribution in [2.75, 3.05) is 13.2 Å². The molecule has 1 aromatic rings. The molecule has 0 aliphatic carbocycles. The Bertz CT molecular complexity index is 560. The molecule has 1 aromatic carbocycles. The highest BCUT2D eigenvalue weighted by Gasteiger charge is 2.17. The van der Waals surface area contributed by atoms with Crippen molar-refractivity contribution in [3.63, 3.8) is 0 Å². The molecule has 0 saturated carbocycles. The van der Waals surface area contributed by atoms with Gasteiger partial charge in [0.25, 0.3) is 0 Å². The zero-order valence-corrected chi connectivity index (χ0v) is 12.1. The summed E-state index contributed by atoms with van der Waals surface area (Å²) in [5.74, 6) is 5.09. The van der Waals surface area contributed by atoms with E-state index in [4.69, 9.17) is 5.11 Å². The molecule has 0 aromatic heterocycles. The topological polar surface area (TPSA) is 40.5 Å². The summed E-state index contributed by atoms with van der Waals surface area (Å²) < 4.78 is 13.3. The second-order valence-electron chi connectivity index (χ2n) is 5.24. The third-order valence-corrected chi connectivity index (χ3v) is 3.66. The summed E-state index contributed by atoms with van der Waals surface area (Å²) in [6.45, 7) is 0.927. The first-order chi connectivity index (χ1) is 10.2. The average molecular weight is 289 g/mol. The van der Waals surface area contributed by atoms with Crippen LogP contribution in [-0.2, 0) is 11.3 Å². The van der Waals surface area contributed by atoms with Gasteiger partial charge in [-0.1, -0.05) is 30.7 Å². The smallest absolute Gasteiger partial charge is 0.222 e. The predicted octanol–water partition coefficient (Wildman–Crippen LogP) is 2.46. The number of hydrogen-bond donors (Lipinski definition) is 1. The monoisotopic (exact) mass is 289 g/mol. The van der Waals surface area contributed by atoms with Crippen molar-refractivity contribution >= 4 is 5.91 Å². The Hall–Kier alpha value is -1.86. The molecule has 112 valence electrons. The van der Waals surface area contributed by atoms with E-state index in [0.29, 0.717) is 18.5 Å². The Kier molecular flexibility index (Phi) is 5.77. The van der Waals surface area contributed by atoms with Crippen molar-refractivity contribution < 1.29 is 14.3 Å². The average Bonchev–Trinajstić information content (AvgIpc) is 2.46. The van der Waals surface area contributed by atoms with Crippen molar-refractivity contribution in [2.24, 2.45) is 0 Å². The van der Waals surface area contributed by atoms with E-state index in [1.807, 2.05) is 4.90 Å². The van der Waals surface area contributed by atoms with Gasteiger partial charge in [-0.05, 0) is 30.5 Å². The molecule has 1 heterocycles. The van der Waals surface area contributed by atoms with Gasteiger partial charge >= 0.3 is 0 Å². The maximum atomic E-state index is 13.3. The molecule has 1 aliphatic rings. The molecular formula is C17H20FNO2. The van der Waals surface area contributed by atoms with Crippen LogP contribution in [0.5, 0.6) is 0 Å². The number of carbonyl (C=O) groups is 1. The number of aliphatic hydroxyl groups excluding tert-OH is 1. The van der Waals surface area contributed by atoms with E-state index >= 15 is 0 Å². The van der Waals surface area contributed by atoms with Crippen LogP contribution in [0.15, 0.2) is 18.2 Å². The van der Waals surface area contributed by atoms with Crippen LogP contribution < -0.4 is 0 Å². The molecule has 1 aliphatic heterocycles. The van der Waals surface area contributed by atoms with Crippen LogP contribution in [0.3, 0.4) is 0 Å². The van der Waals surface area contributed by atoms with Crippen LogP contribution >= 0.6 is 0 Å². The van der Waals surface area contributed by atoms with Gasteiger partial charge in [-0.15, -0.1) is 0 Å². The van der Waals surface area contributed by atoms with E-state index in [1.54, 1.807) is 6.07 Å². The second-order valence-corrected chi connectivity index (χ2v) is 5.24. The number of aliphatic hydroxyl groups is 1. The third-order valence-electron chi connectivity index (χ3n) is 3.66. The van der Waals surface area contributed by atoms with E-state index in [1.165, 1.54) is 12.1 Å². The molecule has 21 heavy (non-hydrogen) atoms. The van der Waals surface area contributed by atoms with Crippen molar-refractivity contribution in [2.45, 2.75) is 38.6 Å². The summed E-state index contributed by atoms with van der Waals surface area (Å²) in [5.41, 5.74) is 1.37. The first-order valence-corrected chi connectivity index (χ1v) is 7.36. The molecule has 1 amide bonds. The number of halogens is 1. The number of likely N-dealkylation sites (tertiary alicyclic amines) is 1. The quantitative estimate of drug-likeness (QED) is 0.850. The van der Waals surface area contributed by atoms with Crippen molar-refractivity contribution in [3.8, 4) is 11.8 Å². The molecule has 1 fully saturated rings.